The summed E-state index contributed by atoms with van der Waals surface area (Å²) in [4.78, 5) is 17.7. The van der Waals surface area contributed by atoms with E-state index in [9.17, 15) is 13.6 Å². The van der Waals surface area contributed by atoms with Crippen LogP contribution in [0.4, 0.5) is 8.78 Å². The van der Waals surface area contributed by atoms with Crippen LogP contribution in [0.2, 0.25) is 0 Å². The average molecular weight is 280 g/mol. The molecule has 2 rings (SSSR count). The molecule has 1 unspecified atom stereocenters. The molecule has 1 heterocycles. The summed E-state index contributed by atoms with van der Waals surface area (Å²) in [5.74, 6) is -2.73. The molecular formula is C13H10F2N2OS. The van der Waals surface area contributed by atoms with Crippen LogP contribution in [0, 0.1) is 16.4 Å². The quantitative estimate of drug-likeness (QED) is 0.692. The third-order valence-corrected chi connectivity index (χ3v) is 2.93. The van der Waals surface area contributed by atoms with Crippen LogP contribution in [-0.4, -0.2) is 16.3 Å². The van der Waals surface area contributed by atoms with Crippen molar-refractivity contribution in [3.63, 3.8) is 0 Å². The average Bonchev–Trinajstić information content (AvgIpc) is 2.40. The number of halogens is 2. The van der Waals surface area contributed by atoms with Gasteiger partial charge in [0.25, 0.3) is 0 Å². The van der Waals surface area contributed by atoms with Gasteiger partial charge in [0.1, 0.15) is 6.29 Å². The maximum Gasteiger partial charge on any atom is 0.196 e. The second kappa shape index (κ2) is 5.79. The van der Waals surface area contributed by atoms with Gasteiger partial charge >= 0.3 is 0 Å². The van der Waals surface area contributed by atoms with Crippen molar-refractivity contribution in [3.8, 4) is 0 Å². The van der Waals surface area contributed by atoms with Crippen molar-refractivity contribution in [1.29, 1.82) is 0 Å². The number of nitrogens with one attached hydrogen (secondary N) is 1. The molecule has 0 bridgehead atoms. The Bertz CT molecular complexity index is 657. The van der Waals surface area contributed by atoms with Crippen molar-refractivity contribution in [3.05, 3.63) is 58.1 Å². The number of rotatable bonds is 4. The summed E-state index contributed by atoms with van der Waals surface area (Å²) < 4.78 is 27.1. The van der Waals surface area contributed by atoms with Crippen molar-refractivity contribution >= 4 is 18.5 Å². The van der Waals surface area contributed by atoms with Gasteiger partial charge in [0.2, 0.25) is 0 Å². The van der Waals surface area contributed by atoms with Crippen molar-refractivity contribution in [2.45, 2.75) is 12.3 Å². The number of aromatic nitrogens is 2. The van der Waals surface area contributed by atoms with Crippen LogP contribution in [0.5, 0.6) is 0 Å². The number of hydrogen-bond acceptors (Lipinski definition) is 3. The first-order valence-electron chi connectivity index (χ1n) is 5.55. The zero-order valence-corrected chi connectivity index (χ0v) is 10.6. The summed E-state index contributed by atoms with van der Waals surface area (Å²) in [6.07, 6.45) is 2.29. The SMILES string of the molecule is O=CC(Cc1ccnc(=S)[nH]1)c1cccc(F)c1F. The van der Waals surface area contributed by atoms with E-state index >= 15 is 0 Å². The van der Waals surface area contributed by atoms with Gasteiger partial charge in [-0.05, 0) is 24.4 Å². The highest BCUT2D eigenvalue weighted by Crippen LogP contribution is 2.22. The Kier molecular flexibility index (Phi) is 4.11. The maximum atomic E-state index is 13.6. The normalized spacial score (nSPS) is 12.1. The van der Waals surface area contributed by atoms with Crippen LogP contribution < -0.4 is 0 Å². The summed E-state index contributed by atoms with van der Waals surface area (Å²) in [5, 5.41) is 0. The van der Waals surface area contributed by atoms with Crippen molar-refractivity contribution in [1.82, 2.24) is 9.97 Å². The lowest BCUT2D eigenvalue weighted by Gasteiger charge is -2.11. The standard InChI is InChI=1S/C13H10F2N2OS/c14-11-3-1-2-10(12(11)15)8(7-18)6-9-4-5-16-13(19)17-9/h1-5,7-8H,6H2,(H,16,17,19). The second-order valence-corrected chi connectivity index (χ2v) is 4.38. The monoisotopic (exact) mass is 280 g/mol. The number of benzene rings is 1. The molecule has 1 atom stereocenters. The third kappa shape index (κ3) is 3.08. The van der Waals surface area contributed by atoms with Gasteiger partial charge in [0.15, 0.2) is 16.4 Å². The van der Waals surface area contributed by atoms with Crippen molar-refractivity contribution in [2.75, 3.05) is 0 Å². The van der Waals surface area contributed by atoms with Gasteiger partial charge in [0, 0.05) is 29.8 Å². The molecule has 0 amide bonds. The summed E-state index contributed by atoms with van der Waals surface area (Å²) in [6, 6.07) is 5.43. The molecule has 6 heteroatoms. The van der Waals surface area contributed by atoms with Crippen LogP contribution in [0.25, 0.3) is 0 Å². The molecule has 0 radical (unpaired) electrons. The predicted octanol–water partition coefficient (Wildman–Crippen LogP) is 2.94. The van der Waals surface area contributed by atoms with E-state index in [-0.39, 0.29) is 16.8 Å². The number of carbonyl (C=O) groups excluding carboxylic acids is 1. The summed E-state index contributed by atoms with van der Waals surface area (Å²) in [5.41, 5.74) is 0.673. The predicted molar refractivity (Wildman–Crippen MR) is 68.3 cm³/mol. The van der Waals surface area contributed by atoms with E-state index < -0.39 is 17.6 Å². The molecule has 0 aliphatic heterocycles. The van der Waals surface area contributed by atoms with E-state index in [0.29, 0.717) is 12.0 Å². The smallest absolute Gasteiger partial charge is 0.196 e. The summed E-state index contributed by atoms with van der Waals surface area (Å²) in [7, 11) is 0. The first-order valence-corrected chi connectivity index (χ1v) is 5.96. The van der Waals surface area contributed by atoms with Gasteiger partial charge in [-0.25, -0.2) is 13.8 Å². The van der Waals surface area contributed by atoms with E-state index in [1.54, 1.807) is 6.07 Å². The molecule has 0 aliphatic rings. The molecule has 0 saturated carbocycles. The second-order valence-electron chi connectivity index (χ2n) is 3.99. The molecule has 3 nitrogen and oxygen atoms in total. The topological polar surface area (TPSA) is 45.8 Å². The molecule has 0 fully saturated rings. The fraction of sp³-hybridized carbons (Fsp3) is 0.154. The van der Waals surface area contributed by atoms with E-state index in [1.807, 2.05) is 0 Å². The Balaban J connectivity index is 2.33. The molecule has 0 saturated heterocycles. The number of nitrogens with zero attached hydrogens (tertiary/aromatic N) is 1. The molecule has 2 aromatic rings. The van der Waals surface area contributed by atoms with Crippen molar-refractivity contribution in [2.24, 2.45) is 0 Å². The molecule has 1 aromatic carbocycles. The van der Waals surface area contributed by atoms with Gasteiger partial charge in [-0.15, -0.1) is 0 Å². The number of H-pyrrole nitrogens is 1. The van der Waals surface area contributed by atoms with Crippen LogP contribution in [0.3, 0.4) is 0 Å². The first-order chi connectivity index (χ1) is 9.11. The Morgan fingerprint density at radius 3 is 2.84 bits per heavy atom. The molecule has 98 valence electrons. The summed E-state index contributed by atoms with van der Waals surface area (Å²) in [6.45, 7) is 0. The molecule has 19 heavy (non-hydrogen) atoms. The fourth-order valence-corrected chi connectivity index (χ4v) is 1.99. The van der Waals surface area contributed by atoms with E-state index in [0.717, 1.165) is 6.07 Å². The van der Waals surface area contributed by atoms with Crippen LogP contribution in [0.1, 0.15) is 17.2 Å². The highest BCUT2D eigenvalue weighted by molar-refractivity contribution is 7.71. The largest absolute Gasteiger partial charge is 0.334 e. The number of aldehydes is 1. The molecule has 1 N–H and O–H groups in total. The van der Waals surface area contributed by atoms with Gasteiger partial charge in [-0.3, -0.25) is 0 Å². The first kappa shape index (κ1) is 13.5. The van der Waals surface area contributed by atoms with Crippen LogP contribution in [0.15, 0.2) is 30.5 Å². The molecule has 0 spiro atoms. The third-order valence-electron chi connectivity index (χ3n) is 2.72. The van der Waals surface area contributed by atoms with Gasteiger partial charge < -0.3 is 9.78 Å². The number of hydrogen-bond donors (Lipinski definition) is 1. The van der Waals surface area contributed by atoms with E-state index in [1.165, 1.54) is 18.3 Å². The highest BCUT2D eigenvalue weighted by atomic mass is 32.1. The minimum Gasteiger partial charge on any atom is -0.334 e. The van der Waals surface area contributed by atoms with Gasteiger partial charge in [-0.1, -0.05) is 12.1 Å². The van der Waals surface area contributed by atoms with Crippen LogP contribution >= 0.6 is 12.2 Å². The Hall–Kier alpha value is -1.95. The molecular weight excluding hydrogens is 270 g/mol. The minimum atomic E-state index is -0.993. The van der Waals surface area contributed by atoms with Gasteiger partial charge in [-0.2, -0.15) is 0 Å². The van der Waals surface area contributed by atoms with E-state index in [2.05, 4.69) is 9.97 Å². The van der Waals surface area contributed by atoms with Crippen LogP contribution in [-0.2, 0) is 11.2 Å². The maximum absolute atomic E-state index is 13.6. The Morgan fingerprint density at radius 1 is 1.37 bits per heavy atom. The van der Waals surface area contributed by atoms with E-state index in [4.69, 9.17) is 12.2 Å². The Labute approximate surface area is 113 Å². The summed E-state index contributed by atoms with van der Waals surface area (Å²) >= 11 is 4.86. The van der Waals surface area contributed by atoms with Gasteiger partial charge in [0.05, 0.1) is 0 Å². The number of carbonyl (C=O) groups is 1. The van der Waals surface area contributed by atoms with Crippen molar-refractivity contribution < 1.29 is 13.6 Å². The lowest BCUT2D eigenvalue weighted by molar-refractivity contribution is -0.109. The molecule has 1 aromatic heterocycles. The minimum absolute atomic E-state index is 0.0335. The number of aromatic amines is 1. The lowest BCUT2D eigenvalue weighted by Crippen LogP contribution is -2.09. The zero-order chi connectivity index (χ0) is 13.8. The fourth-order valence-electron chi connectivity index (χ4n) is 1.80. The Morgan fingerprint density at radius 2 is 2.16 bits per heavy atom. The lowest BCUT2D eigenvalue weighted by atomic mass is 9.95. The zero-order valence-electron chi connectivity index (χ0n) is 9.77. The molecule has 0 aliphatic carbocycles. The highest BCUT2D eigenvalue weighted by Gasteiger charge is 2.18.